The van der Waals surface area contributed by atoms with Gasteiger partial charge in [-0.3, -0.25) is 9.59 Å². The molecule has 0 unspecified atom stereocenters. The monoisotopic (exact) mass is 271 g/mol. The minimum atomic E-state index is -0.640. The molecule has 1 rings (SSSR count). The maximum atomic E-state index is 11.6. The van der Waals surface area contributed by atoms with Crippen molar-refractivity contribution < 1.29 is 19.1 Å². The SMILES string of the molecule is CCCC(=O)CC(=O)NC[C@H](C)C1(C)OCCCO1. The summed E-state index contributed by atoms with van der Waals surface area (Å²) in [5.74, 6) is -0.828. The van der Waals surface area contributed by atoms with E-state index in [0.717, 1.165) is 12.8 Å². The molecule has 0 aromatic carbocycles. The van der Waals surface area contributed by atoms with E-state index in [-0.39, 0.29) is 24.0 Å². The van der Waals surface area contributed by atoms with Gasteiger partial charge in [-0.05, 0) is 19.8 Å². The summed E-state index contributed by atoms with van der Waals surface area (Å²) in [6, 6.07) is 0. The minimum absolute atomic E-state index is 0.0102. The van der Waals surface area contributed by atoms with Crippen LogP contribution < -0.4 is 5.32 Å². The summed E-state index contributed by atoms with van der Waals surface area (Å²) in [4.78, 5) is 23.0. The van der Waals surface area contributed by atoms with Crippen LogP contribution in [0.15, 0.2) is 0 Å². The Morgan fingerprint density at radius 3 is 2.53 bits per heavy atom. The summed E-state index contributed by atoms with van der Waals surface area (Å²) < 4.78 is 11.3. The third kappa shape index (κ3) is 5.28. The van der Waals surface area contributed by atoms with E-state index in [0.29, 0.717) is 26.2 Å². The zero-order valence-corrected chi connectivity index (χ0v) is 12.2. The lowest BCUT2D eigenvalue weighted by Gasteiger charge is -2.38. The number of carbonyl (C=O) groups is 2. The largest absolute Gasteiger partial charge is 0.355 e. The van der Waals surface area contributed by atoms with Crippen molar-refractivity contribution in [3.8, 4) is 0 Å². The molecule has 110 valence electrons. The molecule has 0 aromatic heterocycles. The fourth-order valence-corrected chi connectivity index (χ4v) is 2.00. The van der Waals surface area contributed by atoms with Crippen LogP contribution in [0.5, 0.6) is 0 Å². The van der Waals surface area contributed by atoms with Crippen LogP contribution in [0.25, 0.3) is 0 Å². The van der Waals surface area contributed by atoms with Gasteiger partial charge in [0.2, 0.25) is 5.91 Å². The first-order valence-corrected chi connectivity index (χ1v) is 7.04. The molecular weight excluding hydrogens is 246 g/mol. The molecule has 0 aromatic rings. The second-order valence-electron chi connectivity index (χ2n) is 5.24. The van der Waals surface area contributed by atoms with Gasteiger partial charge in [0, 0.05) is 18.9 Å². The molecule has 1 aliphatic rings. The second kappa shape index (κ2) is 7.60. The highest BCUT2D eigenvalue weighted by molar-refractivity contribution is 5.97. The Balaban J connectivity index is 2.30. The predicted octanol–water partition coefficient (Wildman–Crippen LogP) is 1.65. The summed E-state index contributed by atoms with van der Waals surface area (Å²) in [6.07, 6.45) is 2.12. The van der Waals surface area contributed by atoms with E-state index < -0.39 is 5.79 Å². The quantitative estimate of drug-likeness (QED) is 0.715. The second-order valence-corrected chi connectivity index (χ2v) is 5.24. The van der Waals surface area contributed by atoms with Crippen LogP contribution in [0.4, 0.5) is 0 Å². The van der Waals surface area contributed by atoms with Crippen molar-refractivity contribution in [3.05, 3.63) is 0 Å². The molecule has 1 N–H and O–H groups in total. The summed E-state index contributed by atoms with van der Waals surface area (Å²) in [5.41, 5.74) is 0. The number of nitrogens with one attached hydrogen (secondary N) is 1. The van der Waals surface area contributed by atoms with E-state index in [1.807, 2.05) is 20.8 Å². The minimum Gasteiger partial charge on any atom is -0.355 e. The Bertz CT molecular complexity index is 311. The highest BCUT2D eigenvalue weighted by atomic mass is 16.7. The molecule has 1 amide bonds. The fraction of sp³-hybridized carbons (Fsp3) is 0.857. The topological polar surface area (TPSA) is 64.6 Å². The predicted molar refractivity (Wildman–Crippen MR) is 71.6 cm³/mol. The molecule has 0 spiro atoms. The highest BCUT2D eigenvalue weighted by Gasteiger charge is 2.35. The Morgan fingerprint density at radius 2 is 1.95 bits per heavy atom. The number of ketones is 1. The van der Waals surface area contributed by atoms with E-state index >= 15 is 0 Å². The molecule has 0 bridgehead atoms. The maximum absolute atomic E-state index is 11.6. The number of hydrogen-bond acceptors (Lipinski definition) is 4. The van der Waals surface area contributed by atoms with Gasteiger partial charge in [-0.15, -0.1) is 0 Å². The smallest absolute Gasteiger partial charge is 0.227 e. The van der Waals surface area contributed by atoms with Crippen molar-refractivity contribution in [2.24, 2.45) is 5.92 Å². The van der Waals surface area contributed by atoms with Gasteiger partial charge in [0.25, 0.3) is 0 Å². The molecule has 0 aliphatic carbocycles. The van der Waals surface area contributed by atoms with Gasteiger partial charge in [-0.2, -0.15) is 0 Å². The molecule has 5 heteroatoms. The molecule has 1 heterocycles. The van der Waals surface area contributed by atoms with Crippen LogP contribution in [-0.4, -0.2) is 37.2 Å². The van der Waals surface area contributed by atoms with Gasteiger partial charge in [0.05, 0.1) is 19.6 Å². The van der Waals surface area contributed by atoms with Gasteiger partial charge in [-0.1, -0.05) is 13.8 Å². The first-order chi connectivity index (χ1) is 8.98. The molecule has 0 radical (unpaired) electrons. The van der Waals surface area contributed by atoms with Crippen molar-refractivity contribution in [1.82, 2.24) is 5.32 Å². The van der Waals surface area contributed by atoms with Crippen LogP contribution in [0.2, 0.25) is 0 Å². The van der Waals surface area contributed by atoms with E-state index in [9.17, 15) is 9.59 Å². The van der Waals surface area contributed by atoms with Gasteiger partial charge in [0.15, 0.2) is 5.79 Å². The fourth-order valence-electron chi connectivity index (χ4n) is 2.00. The Kier molecular flexibility index (Phi) is 6.45. The van der Waals surface area contributed by atoms with Crippen LogP contribution in [-0.2, 0) is 19.1 Å². The number of hydrogen-bond donors (Lipinski definition) is 1. The third-order valence-electron chi connectivity index (χ3n) is 3.45. The molecular formula is C14H25NO4. The Labute approximate surface area is 115 Å². The average Bonchev–Trinajstić information content (AvgIpc) is 2.37. The first kappa shape index (κ1) is 16.1. The zero-order valence-electron chi connectivity index (χ0n) is 12.2. The van der Waals surface area contributed by atoms with Crippen LogP contribution >= 0.6 is 0 Å². The third-order valence-corrected chi connectivity index (χ3v) is 3.45. The van der Waals surface area contributed by atoms with Gasteiger partial charge < -0.3 is 14.8 Å². The van der Waals surface area contributed by atoms with Crippen molar-refractivity contribution >= 4 is 11.7 Å². The van der Waals surface area contributed by atoms with Crippen molar-refractivity contribution in [1.29, 1.82) is 0 Å². The van der Waals surface area contributed by atoms with Gasteiger partial charge in [-0.25, -0.2) is 0 Å². The molecule has 0 saturated carbocycles. The summed E-state index contributed by atoms with van der Waals surface area (Å²) >= 11 is 0. The molecule has 1 saturated heterocycles. The van der Waals surface area contributed by atoms with E-state index in [1.54, 1.807) is 0 Å². The maximum Gasteiger partial charge on any atom is 0.227 e. The average molecular weight is 271 g/mol. The molecule has 19 heavy (non-hydrogen) atoms. The standard InChI is InChI=1S/C14H25NO4/c1-4-6-12(16)9-13(17)15-10-11(2)14(3)18-7-5-8-19-14/h11H,4-10H2,1-3H3,(H,15,17)/t11-/m0/s1. The molecule has 5 nitrogen and oxygen atoms in total. The lowest BCUT2D eigenvalue weighted by Crippen LogP contribution is -2.47. The van der Waals surface area contributed by atoms with Crippen molar-refractivity contribution in [3.63, 3.8) is 0 Å². The Morgan fingerprint density at radius 1 is 1.32 bits per heavy atom. The van der Waals surface area contributed by atoms with Gasteiger partial charge in [0.1, 0.15) is 5.78 Å². The first-order valence-electron chi connectivity index (χ1n) is 7.04. The lowest BCUT2D eigenvalue weighted by atomic mass is 10.0. The number of carbonyl (C=O) groups excluding carboxylic acids is 2. The summed E-state index contributed by atoms with van der Waals surface area (Å²) in [5, 5.41) is 2.77. The molecule has 1 aliphatic heterocycles. The molecule has 1 atom stereocenters. The number of rotatable bonds is 7. The van der Waals surface area contributed by atoms with E-state index in [4.69, 9.17) is 9.47 Å². The van der Waals surface area contributed by atoms with Crippen LogP contribution in [0.3, 0.4) is 0 Å². The summed E-state index contributed by atoms with van der Waals surface area (Å²) in [7, 11) is 0. The highest BCUT2D eigenvalue weighted by Crippen LogP contribution is 2.26. The number of ether oxygens (including phenoxy) is 2. The normalized spacial score (nSPS) is 19.7. The van der Waals surface area contributed by atoms with Crippen LogP contribution in [0.1, 0.15) is 46.5 Å². The van der Waals surface area contributed by atoms with Gasteiger partial charge >= 0.3 is 0 Å². The Hall–Kier alpha value is -0.940. The molecule has 1 fully saturated rings. The van der Waals surface area contributed by atoms with Crippen molar-refractivity contribution in [2.45, 2.75) is 52.2 Å². The lowest BCUT2D eigenvalue weighted by molar-refractivity contribution is -0.279. The number of Topliss-reactive ketones (excluding diaryl/α,β-unsaturated/α-hetero) is 1. The van der Waals surface area contributed by atoms with Crippen molar-refractivity contribution in [2.75, 3.05) is 19.8 Å². The number of amides is 1. The summed E-state index contributed by atoms with van der Waals surface area (Å²) in [6.45, 7) is 7.61. The zero-order chi connectivity index (χ0) is 14.3. The van der Waals surface area contributed by atoms with Crippen LogP contribution in [0, 0.1) is 5.92 Å². The van der Waals surface area contributed by atoms with E-state index in [1.165, 1.54) is 0 Å². The van der Waals surface area contributed by atoms with E-state index in [2.05, 4.69) is 5.32 Å².